The van der Waals surface area contributed by atoms with Gasteiger partial charge in [0, 0.05) is 12.3 Å². The van der Waals surface area contributed by atoms with Crippen molar-refractivity contribution in [3.8, 4) is 0 Å². The third-order valence-corrected chi connectivity index (χ3v) is 3.04. The largest absolute Gasteiger partial charge is 0.461 e. The fourth-order valence-electron chi connectivity index (χ4n) is 0.984. The van der Waals surface area contributed by atoms with E-state index in [0.29, 0.717) is 6.42 Å². The average molecular weight is 279 g/mol. The van der Waals surface area contributed by atoms with Gasteiger partial charge in [0.05, 0.1) is 11.8 Å². The monoisotopic (exact) mass is 277 g/mol. The van der Waals surface area contributed by atoms with E-state index >= 15 is 0 Å². The maximum atomic E-state index is 11.2. The lowest BCUT2D eigenvalue weighted by atomic mass is 10.4. The molecule has 1 saturated heterocycles. The summed E-state index contributed by atoms with van der Waals surface area (Å²) in [6.07, 6.45) is 0.311. The summed E-state index contributed by atoms with van der Waals surface area (Å²) in [6.45, 7) is 0.723. The molecule has 1 heterocycles. The Morgan fingerprint density at radius 2 is 2.29 bits per heavy atom. The molecular weight excluding hydrogens is 269 g/mol. The minimum absolute atomic E-state index is 0.137. The van der Waals surface area contributed by atoms with Crippen molar-refractivity contribution >= 4 is 52.5 Å². The summed E-state index contributed by atoms with van der Waals surface area (Å²) in [4.78, 5) is 11.2. The number of ether oxygens (including phenoxy) is 1. The molecular formula is C7H10Cl3NO2S. The van der Waals surface area contributed by atoms with Crippen LogP contribution in [0.3, 0.4) is 0 Å². The van der Waals surface area contributed by atoms with Crippen molar-refractivity contribution < 1.29 is 9.53 Å². The van der Waals surface area contributed by atoms with E-state index in [1.54, 1.807) is 11.8 Å². The van der Waals surface area contributed by atoms with Crippen LogP contribution in [0.5, 0.6) is 0 Å². The highest BCUT2D eigenvalue weighted by molar-refractivity contribution is 8.00. The molecule has 7 heteroatoms. The standard InChI is InChI=1S/C7H10Cl3NO2S/c8-7(9,10)4-13-6(12)3-5-11-1-2-14-5/h5,11H,1-4H2. The predicted molar refractivity (Wildman–Crippen MR) is 60.1 cm³/mol. The first-order valence-corrected chi connectivity index (χ1v) is 6.23. The van der Waals surface area contributed by atoms with Crippen LogP contribution in [0.15, 0.2) is 0 Å². The fraction of sp³-hybridized carbons (Fsp3) is 0.857. The first kappa shape index (κ1) is 12.7. The van der Waals surface area contributed by atoms with Gasteiger partial charge in [0.15, 0.2) is 0 Å². The summed E-state index contributed by atoms with van der Waals surface area (Å²) in [7, 11) is 0. The van der Waals surface area contributed by atoms with Gasteiger partial charge in [-0.05, 0) is 0 Å². The normalized spacial score (nSPS) is 22.4. The second kappa shape index (κ2) is 5.66. The van der Waals surface area contributed by atoms with Gasteiger partial charge in [-0.1, -0.05) is 34.8 Å². The summed E-state index contributed by atoms with van der Waals surface area (Å²) in [5.41, 5.74) is 0. The maximum absolute atomic E-state index is 11.2. The van der Waals surface area contributed by atoms with E-state index in [9.17, 15) is 4.79 Å². The van der Waals surface area contributed by atoms with Crippen LogP contribution >= 0.6 is 46.6 Å². The average Bonchev–Trinajstić information content (AvgIpc) is 2.52. The van der Waals surface area contributed by atoms with Crippen LogP contribution in [0.1, 0.15) is 6.42 Å². The fourth-order valence-corrected chi connectivity index (χ4v) is 2.16. The summed E-state index contributed by atoms with van der Waals surface area (Å²) < 4.78 is 3.26. The van der Waals surface area contributed by atoms with E-state index in [1.807, 2.05) is 0 Å². The number of halogens is 3. The molecule has 3 nitrogen and oxygen atoms in total. The lowest BCUT2D eigenvalue weighted by Crippen LogP contribution is -2.25. The minimum atomic E-state index is -1.52. The van der Waals surface area contributed by atoms with Gasteiger partial charge in [-0.25, -0.2) is 0 Å². The summed E-state index contributed by atoms with van der Waals surface area (Å²) in [5.74, 6) is 0.672. The Kier molecular flexibility index (Phi) is 5.14. The summed E-state index contributed by atoms with van der Waals surface area (Å²) >= 11 is 18.0. The molecule has 1 N–H and O–H groups in total. The number of esters is 1. The Bertz CT molecular complexity index is 204. The SMILES string of the molecule is O=C(CC1NCCS1)OCC(Cl)(Cl)Cl. The van der Waals surface area contributed by atoms with Gasteiger partial charge < -0.3 is 10.1 Å². The predicted octanol–water partition coefficient (Wildman–Crippen LogP) is 1.95. The van der Waals surface area contributed by atoms with Crippen LogP contribution in [-0.2, 0) is 9.53 Å². The molecule has 1 aliphatic rings. The lowest BCUT2D eigenvalue weighted by Gasteiger charge is -2.13. The van der Waals surface area contributed by atoms with Gasteiger partial charge in [0.2, 0.25) is 3.79 Å². The number of carbonyl (C=O) groups excluding carboxylic acids is 1. The van der Waals surface area contributed by atoms with Gasteiger partial charge >= 0.3 is 5.97 Å². The molecule has 0 aromatic rings. The maximum Gasteiger partial charge on any atom is 0.308 e. The number of rotatable bonds is 3. The van der Waals surface area contributed by atoms with Crippen LogP contribution in [0.2, 0.25) is 0 Å². The molecule has 0 aromatic heterocycles. The zero-order chi connectivity index (χ0) is 10.6. The van der Waals surface area contributed by atoms with Crippen LogP contribution in [-0.4, -0.2) is 34.0 Å². The van der Waals surface area contributed by atoms with Crippen LogP contribution < -0.4 is 5.32 Å². The second-order valence-electron chi connectivity index (χ2n) is 2.79. The number of hydrogen-bond donors (Lipinski definition) is 1. The van der Waals surface area contributed by atoms with Gasteiger partial charge in [0.1, 0.15) is 6.61 Å². The molecule has 82 valence electrons. The summed E-state index contributed by atoms with van der Waals surface area (Å²) in [5, 5.41) is 3.28. The molecule has 1 fully saturated rings. The molecule has 14 heavy (non-hydrogen) atoms. The molecule has 1 rings (SSSR count). The van der Waals surface area contributed by atoms with Crippen molar-refractivity contribution in [3.05, 3.63) is 0 Å². The Hall–Kier alpha value is 0.650. The van der Waals surface area contributed by atoms with Gasteiger partial charge in [-0.2, -0.15) is 0 Å². The van der Waals surface area contributed by atoms with Crippen LogP contribution in [0.4, 0.5) is 0 Å². The Labute approximate surface area is 102 Å². The highest BCUT2D eigenvalue weighted by Gasteiger charge is 2.24. The molecule has 0 spiro atoms. The van der Waals surface area contributed by atoms with Crippen molar-refractivity contribution in [1.82, 2.24) is 5.32 Å². The Morgan fingerprint density at radius 1 is 1.57 bits per heavy atom. The molecule has 0 aliphatic carbocycles. The first-order valence-electron chi connectivity index (χ1n) is 4.05. The van der Waals surface area contributed by atoms with E-state index in [0.717, 1.165) is 12.3 Å². The van der Waals surface area contributed by atoms with Gasteiger partial charge in [-0.15, -0.1) is 11.8 Å². The molecule has 1 atom stereocenters. The highest BCUT2D eigenvalue weighted by Crippen LogP contribution is 2.26. The number of nitrogens with one attached hydrogen (secondary N) is 1. The van der Waals surface area contributed by atoms with Crippen molar-refractivity contribution in [2.75, 3.05) is 18.9 Å². The molecule has 1 aliphatic heterocycles. The zero-order valence-electron chi connectivity index (χ0n) is 7.26. The Morgan fingerprint density at radius 3 is 2.79 bits per heavy atom. The zero-order valence-corrected chi connectivity index (χ0v) is 10.3. The third-order valence-electron chi connectivity index (χ3n) is 1.54. The topological polar surface area (TPSA) is 38.3 Å². The minimum Gasteiger partial charge on any atom is -0.461 e. The van der Waals surface area contributed by atoms with Crippen LogP contribution in [0.25, 0.3) is 0 Å². The van der Waals surface area contributed by atoms with Crippen molar-refractivity contribution in [2.45, 2.75) is 15.6 Å². The van der Waals surface area contributed by atoms with E-state index in [1.165, 1.54) is 0 Å². The molecule has 0 aromatic carbocycles. The van der Waals surface area contributed by atoms with E-state index in [2.05, 4.69) is 5.32 Å². The van der Waals surface area contributed by atoms with E-state index in [-0.39, 0.29) is 18.0 Å². The molecule has 0 bridgehead atoms. The number of hydrogen-bond acceptors (Lipinski definition) is 4. The molecule has 1 unspecified atom stereocenters. The van der Waals surface area contributed by atoms with Crippen LogP contribution in [0, 0.1) is 0 Å². The Balaban J connectivity index is 2.15. The second-order valence-corrected chi connectivity index (χ2v) is 6.62. The smallest absolute Gasteiger partial charge is 0.308 e. The van der Waals surface area contributed by atoms with E-state index < -0.39 is 3.79 Å². The highest BCUT2D eigenvalue weighted by atomic mass is 35.6. The third kappa shape index (κ3) is 5.51. The number of alkyl halides is 3. The quantitative estimate of drug-likeness (QED) is 0.633. The molecule has 0 radical (unpaired) electrons. The van der Waals surface area contributed by atoms with Gasteiger partial charge in [-0.3, -0.25) is 4.79 Å². The molecule has 0 amide bonds. The molecule has 0 saturated carbocycles. The van der Waals surface area contributed by atoms with E-state index in [4.69, 9.17) is 39.5 Å². The van der Waals surface area contributed by atoms with Crippen molar-refractivity contribution in [3.63, 3.8) is 0 Å². The first-order chi connectivity index (χ1) is 6.47. The number of carbonyl (C=O) groups is 1. The van der Waals surface area contributed by atoms with Crippen molar-refractivity contribution in [2.24, 2.45) is 0 Å². The van der Waals surface area contributed by atoms with Crippen molar-refractivity contribution in [1.29, 1.82) is 0 Å². The number of thioether (sulfide) groups is 1. The summed E-state index contributed by atoms with van der Waals surface area (Å²) in [6, 6.07) is 0. The lowest BCUT2D eigenvalue weighted by molar-refractivity contribution is -0.143. The van der Waals surface area contributed by atoms with Gasteiger partial charge in [0.25, 0.3) is 0 Å².